The van der Waals surface area contributed by atoms with Gasteiger partial charge in [-0.15, -0.1) is 0 Å². The van der Waals surface area contributed by atoms with E-state index in [2.05, 4.69) is 40.6 Å². The number of oxime groups is 1. The zero-order valence-electron chi connectivity index (χ0n) is 17.2. The van der Waals surface area contributed by atoms with Gasteiger partial charge in [0.2, 0.25) is 0 Å². The van der Waals surface area contributed by atoms with Crippen LogP contribution in [0.4, 0.5) is 0 Å². The molecule has 2 aliphatic rings. The number of carbonyl (C=O) groups is 1. The number of amides is 1. The first-order valence-electron chi connectivity index (χ1n) is 10.1. The van der Waals surface area contributed by atoms with Gasteiger partial charge in [-0.2, -0.15) is 0 Å². The number of pyridine rings is 1. The standard InChI is InChI=1S/C24H25N3O3/c1-24(19-6-4-3-5-7-19)15-22(27-30-24)18-12-13-25-21(14-18)23(28)26-16-17-8-10-20(29-2)11-9-17/h4,6-14H,3,5,15-16H2,1-2H3,(H,26,28). The minimum absolute atomic E-state index is 0.229. The lowest BCUT2D eigenvalue weighted by atomic mass is 9.86. The van der Waals surface area contributed by atoms with E-state index < -0.39 is 5.60 Å². The Morgan fingerprint density at radius 2 is 2.07 bits per heavy atom. The normalized spacial score (nSPS) is 20.2. The minimum atomic E-state index is -0.466. The quantitative estimate of drug-likeness (QED) is 0.785. The second-order valence-electron chi connectivity index (χ2n) is 7.64. The van der Waals surface area contributed by atoms with Crippen LogP contribution in [-0.4, -0.2) is 29.3 Å². The number of hydrogen-bond donors (Lipinski definition) is 1. The molecule has 1 N–H and O–H groups in total. The first kappa shape index (κ1) is 19.9. The van der Waals surface area contributed by atoms with Gasteiger partial charge < -0.3 is 14.9 Å². The topological polar surface area (TPSA) is 72.8 Å². The third kappa shape index (κ3) is 4.27. The number of methoxy groups -OCH3 is 1. The zero-order chi connectivity index (χ0) is 21.0. The van der Waals surface area contributed by atoms with Crippen LogP contribution in [0.25, 0.3) is 0 Å². The van der Waals surface area contributed by atoms with Crippen LogP contribution in [0.1, 0.15) is 47.8 Å². The van der Waals surface area contributed by atoms with E-state index in [4.69, 9.17) is 9.57 Å². The summed E-state index contributed by atoms with van der Waals surface area (Å²) in [6.45, 7) is 2.46. The smallest absolute Gasteiger partial charge is 0.270 e. The average molecular weight is 403 g/mol. The minimum Gasteiger partial charge on any atom is -0.497 e. The summed E-state index contributed by atoms with van der Waals surface area (Å²) < 4.78 is 5.15. The molecule has 1 aromatic heterocycles. The molecule has 0 bridgehead atoms. The van der Waals surface area contributed by atoms with Crippen LogP contribution in [0, 0.1) is 0 Å². The molecule has 30 heavy (non-hydrogen) atoms. The van der Waals surface area contributed by atoms with Gasteiger partial charge in [0, 0.05) is 24.7 Å². The number of allylic oxidation sites excluding steroid dienone is 2. The van der Waals surface area contributed by atoms with Crippen LogP contribution in [0.5, 0.6) is 5.75 Å². The van der Waals surface area contributed by atoms with Crippen molar-refractivity contribution in [2.75, 3.05) is 7.11 Å². The first-order valence-corrected chi connectivity index (χ1v) is 10.1. The Bertz CT molecular complexity index is 1020. The van der Waals surface area contributed by atoms with E-state index in [0.29, 0.717) is 18.7 Å². The van der Waals surface area contributed by atoms with Crippen LogP contribution in [0.2, 0.25) is 0 Å². The van der Waals surface area contributed by atoms with Gasteiger partial charge in [-0.1, -0.05) is 35.5 Å². The lowest BCUT2D eigenvalue weighted by Crippen LogP contribution is -2.27. The molecule has 4 rings (SSSR count). The molecule has 6 nitrogen and oxygen atoms in total. The number of hydrogen-bond acceptors (Lipinski definition) is 5. The third-order valence-electron chi connectivity index (χ3n) is 5.41. The van der Waals surface area contributed by atoms with Crippen molar-refractivity contribution in [2.24, 2.45) is 5.16 Å². The molecule has 1 aliphatic heterocycles. The first-order chi connectivity index (χ1) is 14.6. The van der Waals surface area contributed by atoms with Crippen molar-refractivity contribution < 1.29 is 14.4 Å². The van der Waals surface area contributed by atoms with Gasteiger partial charge in [-0.05, 0) is 55.2 Å². The number of rotatable bonds is 6. The molecule has 2 aromatic rings. The molecular formula is C24H25N3O3. The van der Waals surface area contributed by atoms with Crippen molar-refractivity contribution in [3.63, 3.8) is 0 Å². The molecule has 6 heteroatoms. The number of carbonyl (C=O) groups excluding carboxylic acids is 1. The Kier molecular flexibility index (Phi) is 5.65. The highest BCUT2D eigenvalue weighted by molar-refractivity contribution is 6.03. The third-order valence-corrected chi connectivity index (χ3v) is 5.41. The lowest BCUT2D eigenvalue weighted by Gasteiger charge is -2.24. The summed E-state index contributed by atoms with van der Waals surface area (Å²) in [6.07, 6.45) is 10.9. The Morgan fingerprint density at radius 1 is 1.23 bits per heavy atom. The van der Waals surface area contributed by atoms with Gasteiger partial charge in [-0.3, -0.25) is 9.78 Å². The molecule has 1 aromatic carbocycles. The molecule has 1 aliphatic carbocycles. The van der Waals surface area contributed by atoms with Crippen molar-refractivity contribution in [2.45, 2.75) is 38.3 Å². The van der Waals surface area contributed by atoms with Gasteiger partial charge >= 0.3 is 0 Å². The van der Waals surface area contributed by atoms with Gasteiger partial charge in [0.15, 0.2) is 5.60 Å². The molecule has 0 saturated heterocycles. The molecule has 1 amide bonds. The van der Waals surface area contributed by atoms with Gasteiger partial charge in [0.1, 0.15) is 11.4 Å². The maximum absolute atomic E-state index is 12.6. The van der Waals surface area contributed by atoms with E-state index in [1.54, 1.807) is 19.4 Å². The summed E-state index contributed by atoms with van der Waals surface area (Å²) in [7, 11) is 1.63. The fourth-order valence-corrected chi connectivity index (χ4v) is 3.61. The lowest BCUT2D eigenvalue weighted by molar-refractivity contribution is 0.0290. The summed E-state index contributed by atoms with van der Waals surface area (Å²) in [5.41, 5.74) is 3.70. The molecule has 154 valence electrons. The van der Waals surface area contributed by atoms with E-state index in [1.165, 1.54) is 0 Å². The van der Waals surface area contributed by atoms with Gasteiger partial charge in [-0.25, -0.2) is 0 Å². The van der Waals surface area contributed by atoms with Crippen LogP contribution in [0.15, 0.2) is 71.6 Å². The van der Waals surface area contributed by atoms with Gasteiger partial charge in [0.25, 0.3) is 5.91 Å². The molecule has 2 heterocycles. The number of aromatic nitrogens is 1. The predicted molar refractivity (Wildman–Crippen MR) is 116 cm³/mol. The molecular weight excluding hydrogens is 378 g/mol. The average Bonchev–Trinajstić information content (AvgIpc) is 3.22. The zero-order valence-corrected chi connectivity index (χ0v) is 17.2. The summed E-state index contributed by atoms with van der Waals surface area (Å²) in [5, 5.41) is 7.22. The summed E-state index contributed by atoms with van der Waals surface area (Å²) in [4.78, 5) is 22.6. The fourth-order valence-electron chi connectivity index (χ4n) is 3.61. The van der Waals surface area contributed by atoms with Crippen LogP contribution in [-0.2, 0) is 11.4 Å². The maximum atomic E-state index is 12.6. The van der Waals surface area contributed by atoms with E-state index in [9.17, 15) is 4.79 Å². The van der Waals surface area contributed by atoms with E-state index >= 15 is 0 Å². The van der Waals surface area contributed by atoms with E-state index in [-0.39, 0.29) is 5.91 Å². The van der Waals surface area contributed by atoms with Crippen molar-refractivity contribution in [1.29, 1.82) is 0 Å². The van der Waals surface area contributed by atoms with Crippen molar-refractivity contribution >= 4 is 11.6 Å². The van der Waals surface area contributed by atoms with E-state index in [0.717, 1.165) is 41.0 Å². The Balaban J connectivity index is 1.41. The molecule has 0 radical (unpaired) electrons. The molecule has 1 atom stereocenters. The van der Waals surface area contributed by atoms with Crippen LogP contribution >= 0.6 is 0 Å². The SMILES string of the molecule is COc1ccc(CNC(=O)c2cc(C3=NOC(C)(C4=CCCC=C4)C3)ccn2)cc1. The number of benzene rings is 1. The van der Waals surface area contributed by atoms with E-state index in [1.807, 2.05) is 30.3 Å². The summed E-state index contributed by atoms with van der Waals surface area (Å²) in [6, 6.07) is 11.2. The highest BCUT2D eigenvalue weighted by Gasteiger charge is 2.37. The van der Waals surface area contributed by atoms with Gasteiger partial charge in [0.05, 0.1) is 12.8 Å². The molecule has 1 unspecified atom stereocenters. The van der Waals surface area contributed by atoms with Crippen molar-refractivity contribution in [3.05, 3.63) is 83.2 Å². The Hall–Kier alpha value is -3.41. The van der Waals surface area contributed by atoms with Crippen molar-refractivity contribution in [3.8, 4) is 5.75 Å². The number of ether oxygens (including phenoxy) is 1. The fraction of sp³-hybridized carbons (Fsp3) is 0.292. The Labute approximate surface area is 176 Å². The van der Waals surface area contributed by atoms with Crippen LogP contribution < -0.4 is 10.1 Å². The summed E-state index contributed by atoms with van der Waals surface area (Å²) >= 11 is 0. The molecule has 0 saturated carbocycles. The number of nitrogens with one attached hydrogen (secondary N) is 1. The predicted octanol–water partition coefficient (Wildman–Crippen LogP) is 4.18. The Morgan fingerprint density at radius 3 is 2.80 bits per heavy atom. The second kappa shape index (κ2) is 8.53. The van der Waals surface area contributed by atoms with Crippen LogP contribution in [0.3, 0.4) is 0 Å². The van der Waals surface area contributed by atoms with Crippen molar-refractivity contribution in [1.82, 2.24) is 10.3 Å². The maximum Gasteiger partial charge on any atom is 0.270 e. The molecule has 0 spiro atoms. The number of nitrogens with zero attached hydrogens (tertiary/aromatic N) is 2. The largest absolute Gasteiger partial charge is 0.497 e. The summed E-state index contributed by atoms with van der Waals surface area (Å²) in [5.74, 6) is 0.554. The second-order valence-corrected chi connectivity index (χ2v) is 7.64. The highest BCUT2D eigenvalue weighted by Crippen LogP contribution is 2.35. The highest BCUT2D eigenvalue weighted by atomic mass is 16.7. The monoisotopic (exact) mass is 403 g/mol. The molecule has 0 fully saturated rings.